The largest absolute Gasteiger partial charge is 0.383 e. The molecule has 1 aromatic carbocycles. The Hall–Kier alpha value is -2.24. The van der Waals surface area contributed by atoms with E-state index in [2.05, 4.69) is 10.2 Å². The number of hydrogen-bond donors (Lipinski definition) is 2. The third-order valence-electron chi connectivity index (χ3n) is 2.11. The van der Waals surface area contributed by atoms with Crippen LogP contribution in [0.25, 0.3) is 0 Å². The fraction of sp³-hybridized carbons (Fsp3) is 0. The summed E-state index contributed by atoms with van der Waals surface area (Å²) in [4.78, 5) is 11.8. The summed E-state index contributed by atoms with van der Waals surface area (Å²) < 4.78 is 26.2. The van der Waals surface area contributed by atoms with Crippen molar-refractivity contribution < 1.29 is 13.6 Å². The first-order chi connectivity index (χ1) is 7.61. The molecule has 16 heavy (non-hydrogen) atoms. The van der Waals surface area contributed by atoms with E-state index in [1.807, 2.05) is 0 Å². The van der Waals surface area contributed by atoms with Crippen LogP contribution < -0.4 is 5.73 Å². The number of benzene rings is 1. The van der Waals surface area contributed by atoms with Crippen LogP contribution in [0.4, 0.5) is 14.6 Å². The van der Waals surface area contributed by atoms with Crippen molar-refractivity contribution in [2.75, 3.05) is 5.73 Å². The molecule has 0 aliphatic carbocycles. The quantitative estimate of drug-likeness (QED) is 0.758. The maximum atomic E-state index is 13.3. The van der Waals surface area contributed by atoms with Gasteiger partial charge >= 0.3 is 0 Å². The fourth-order valence-corrected chi connectivity index (χ4v) is 1.30. The zero-order valence-electron chi connectivity index (χ0n) is 8.00. The Bertz CT molecular complexity index is 551. The second-order valence-electron chi connectivity index (χ2n) is 3.13. The Morgan fingerprint density at radius 2 is 2.06 bits per heavy atom. The fourth-order valence-electron chi connectivity index (χ4n) is 1.30. The van der Waals surface area contributed by atoms with E-state index < -0.39 is 17.4 Å². The van der Waals surface area contributed by atoms with Crippen molar-refractivity contribution in [1.82, 2.24) is 10.2 Å². The van der Waals surface area contributed by atoms with Crippen LogP contribution in [-0.2, 0) is 0 Å². The average molecular weight is 223 g/mol. The normalized spacial score (nSPS) is 10.4. The highest BCUT2D eigenvalue weighted by atomic mass is 19.2. The number of H-pyrrole nitrogens is 1. The molecule has 0 spiro atoms. The van der Waals surface area contributed by atoms with E-state index >= 15 is 0 Å². The molecular formula is C10H7F2N3O. The average Bonchev–Trinajstić information content (AvgIpc) is 2.68. The lowest BCUT2D eigenvalue weighted by atomic mass is 10.1. The molecule has 0 aliphatic heterocycles. The molecule has 0 radical (unpaired) electrons. The molecule has 82 valence electrons. The van der Waals surface area contributed by atoms with Crippen LogP contribution in [0.3, 0.4) is 0 Å². The number of anilines is 1. The maximum absolute atomic E-state index is 13.3. The van der Waals surface area contributed by atoms with Gasteiger partial charge in [-0.1, -0.05) is 6.07 Å². The number of nitrogens with one attached hydrogen (secondary N) is 1. The number of hydrogen-bond acceptors (Lipinski definition) is 3. The van der Waals surface area contributed by atoms with Gasteiger partial charge in [-0.25, -0.2) is 8.78 Å². The van der Waals surface area contributed by atoms with E-state index in [0.29, 0.717) is 0 Å². The maximum Gasteiger partial charge on any atom is 0.201 e. The second kappa shape index (κ2) is 3.73. The minimum Gasteiger partial charge on any atom is -0.383 e. The van der Waals surface area contributed by atoms with Crippen LogP contribution in [0, 0.1) is 11.6 Å². The third-order valence-corrected chi connectivity index (χ3v) is 2.11. The van der Waals surface area contributed by atoms with Crippen LogP contribution in [0.5, 0.6) is 0 Å². The first-order valence-corrected chi connectivity index (χ1v) is 4.39. The number of carbonyl (C=O) groups is 1. The monoisotopic (exact) mass is 223 g/mol. The highest BCUT2D eigenvalue weighted by Crippen LogP contribution is 2.18. The zero-order valence-corrected chi connectivity index (χ0v) is 8.00. The first-order valence-electron chi connectivity index (χ1n) is 4.39. The van der Waals surface area contributed by atoms with Crippen molar-refractivity contribution in [3.63, 3.8) is 0 Å². The van der Waals surface area contributed by atoms with E-state index in [1.165, 1.54) is 18.3 Å². The van der Waals surface area contributed by atoms with Crippen LogP contribution in [0.2, 0.25) is 0 Å². The van der Waals surface area contributed by atoms with Gasteiger partial charge in [0.1, 0.15) is 5.82 Å². The lowest BCUT2D eigenvalue weighted by Gasteiger charge is -2.01. The highest BCUT2D eigenvalue weighted by Gasteiger charge is 2.19. The molecule has 6 heteroatoms. The van der Waals surface area contributed by atoms with Gasteiger partial charge in [0.25, 0.3) is 0 Å². The Morgan fingerprint density at radius 3 is 2.69 bits per heavy atom. The molecule has 2 aromatic rings. The number of nitrogen functional groups attached to an aromatic ring is 1. The van der Waals surface area contributed by atoms with Crippen molar-refractivity contribution in [2.45, 2.75) is 0 Å². The minimum absolute atomic E-state index is 0.0181. The SMILES string of the molecule is Nc1[nH]ncc1C(=O)c1cccc(F)c1F. The summed E-state index contributed by atoms with van der Waals surface area (Å²) in [6, 6.07) is 3.37. The lowest BCUT2D eigenvalue weighted by molar-refractivity contribution is 0.103. The van der Waals surface area contributed by atoms with Gasteiger partial charge in [-0.15, -0.1) is 0 Å². The molecule has 1 aromatic heterocycles. The molecule has 1 heterocycles. The molecule has 0 bridgehead atoms. The third kappa shape index (κ3) is 1.54. The van der Waals surface area contributed by atoms with Crippen molar-refractivity contribution >= 4 is 11.6 Å². The van der Waals surface area contributed by atoms with Gasteiger partial charge in [-0.05, 0) is 12.1 Å². The number of ketones is 1. The van der Waals surface area contributed by atoms with Gasteiger partial charge in [-0.2, -0.15) is 5.10 Å². The standard InChI is InChI=1S/C10H7F2N3O/c11-7-3-1-2-5(8(7)12)9(16)6-4-14-15-10(6)13/h1-4H,(H3,13,14,15). The molecule has 0 aliphatic rings. The molecule has 0 saturated carbocycles. The van der Waals surface area contributed by atoms with Gasteiger partial charge in [-0.3, -0.25) is 9.89 Å². The minimum atomic E-state index is -1.19. The number of nitrogens with zero attached hydrogens (tertiary/aromatic N) is 1. The summed E-state index contributed by atoms with van der Waals surface area (Å²) >= 11 is 0. The second-order valence-corrected chi connectivity index (χ2v) is 3.13. The molecule has 0 atom stereocenters. The summed E-state index contributed by atoms with van der Waals surface area (Å²) in [6.07, 6.45) is 1.17. The first kappa shape index (κ1) is 10.3. The predicted molar refractivity (Wildman–Crippen MR) is 52.8 cm³/mol. The van der Waals surface area contributed by atoms with Crippen molar-refractivity contribution in [1.29, 1.82) is 0 Å². The number of halogens is 2. The van der Waals surface area contributed by atoms with Gasteiger partial charge < -0.3 is 5.73 Å². The molecule has 0 unspecified atom stereocenters. The van der Waals surface area contributed by atoms with Gasteiger partial charge in [0.15, 0.2) is 11.6 Å². The number of aromatic nitrogens is 2. The van der Waals surface area contributed by atoms with Crippen LogP contribution >= 0.6 is 0 Å². The summed E-state index contributed by atoms with van der Waals surface area (Å²) in [5.41, 5.74) is 5.06. The Labute approximate surface area is 89.1 Å². The Kier molecular flexibility index (Phi) is 2.40. The smallest absolute Gasteiger partial charge is 0.201 e. The summed E-state index contributed by atoms with van der Waals surface area (Å²) in [6.45, 7) is 0. The summed E-state index contributed by atoms with van der Waals surface area (Å²) in [5.74, 6) is -2.95. The van der Waals surface area contributed by atoms with Crippen LogP contribution in [0.15, 0.2) is 24.4 Å². The molecule has 0 fully saturated rings. The van der Waals surface area contributed by atoms with Gasteiger partial charge in [0, 0.05) is 0 Å². The molecule has 3 N–H and O–H groups in total. The number of nitrogens with two attached hydrogens (primary N) is 1. The van der Waals surface area contributed by atoms with E-state index in [-0.39, 0.29) is 16.9 Å². The van der Waals surface area contributed by atoms with Gasteiger partial charge in [0.2, 0.25) is 5.78 Å². The molecule has 0 saturated heterocycles. The highest BCUT2D eigenvalue weighted by molar-refractivity contribution is 6.11. The van der Waals surface area contributed by atoms with E-state index in [0.717, 1.165) is 6.07 Å². The Morgan fingerprint density at radius 1 is 1.31 bits per heavy atom. The molecular weight excluding hydrogens is 216 g/mol. The Balaban J connectivity index is 2.50. The zero-order chi connectivity index (χ0) is 11.7. The number of rotatable bonds is 2. The topological polar surface area (TPSA) is 71.8 Å². The van der Waals surface area contributed by atoms with Crippen molar-refractivity contribution in [3.8, 4) is 0 Å². The van der Waals surface area contributed by atoms with Crippen molar-refractivity contribution in [3.05, 3.63) is 47.2 Å². The number of aromatic amines is 1. The summed E-state index contributed by atoms with van der Waals surface area (Å²) in [5, 5.41) is 5.88. The molecule has 4 nitrogen and oxygen atoms in total. The summed E-state index contributed by atoms with van der Waals surface area (Å²) in [7, 11) is 0. The predicted octanol–water partition coefficient (Wildman–Crippen LogP) is 1.50. The van der Waals surface area contributed by atoms with E-state index in [1.54, 1.807) is 0 Å². The van der Waals surface area contributed by atoms with Crippen LogP contribution in [-0.4, -0.2) is 16.0 Å². The molecule has 2 rings (SSSR count). The van der Waals surface area contributed by atoms with Crippen LogP contribution in [0.1, 0.15) is 15.9 Å². The van der Waals surface area contributed by atoms with E-state index in [4.69, 9.17) is 5.73 Å². The molecule has 0 amide bonds. The lowest BCUT2D eigenvalue weighted by Crippen LogP contribution is -2.07. The van der Waals surface area contributed by atoms with Gasteiger partial charge in [0.05, 0.1) is 17.3 Å². The van der Waals surface area contributed by atoms with E-state index in [9.17, 15) is 13.6 Å². The number of carbonyl (C=O) groups excluding carboxylic acids is 1. The van der Waals surface area contributed by atoms with Crippen molar-refractivity contribution in [2.24, 2.45) is 0 Å².